The minimum atomic E-state index is -3.78. The summed E-state index contributed by atoms with van der Waals surface area (Å²) in [4.78, 5) is 34.4. The van der Waals surface area contributed by atoms with E-state index in [9.17, 15) is 14.4 Å². The maximum Gasteiger partial charge on any atom is 0.705 e. The van der Waals surface area contributed by atoms with Crippen molar-refractivity contribution in [3.05, 3.63) is 29.3 Å². The second kappa shape index (κ2) is 8.88. The van der Waals surface area contributed by atoms with E-state index in [1.165, 1.54) is 20.8 Å². The van der Waals surface area contributed by atoms with E-state index in [1.54, 1.807) is 0 Å². The Balaban J connectivity index is 2.07. The molecule has 0 radical (unpaired) electrons. The smallest absolute Gasteiger partial charge is 0.520 e. The predicted molar refractivity (Wildman–Crippen MR) is 104 cm³/mol. The molecule has 0 bridgehead atoms. The van der Waals surface area contributed by atoms with Crippen LogP contribution in [0.15, 0.2) is 18.2 Å². The van der Waals surface area contributed by atoms with Gasteiger partial charge in [-0.1, -0.05) is 6.07 Å². The zero-order valence-corrected chi connectivity index (χ0v) is 18.8. The largest absolute Gasteiger partial charge is 0.705 e. The average molecular weight is 427 g/mol. The van der Waals surface area contributed by atoms with Crippen LogP contribution in [0, 0.1) is 0 Å². The van der Waals surface area contributed by atoms with Crippen LogP contribution in [-0.2, 0) is 45.1 Å². The molecule has 1 aliphatic rings. The second-order valence-electron chi connectivity index (χ2n) is 7.05. The van der Waals surface area contributed by atoms with E-state index in [2.05, 4.69) is 0 Å². The molecule has 2 rings (SSSR count). The van der Waals surface area contributed by atoms with E-state index < -0.39 is 35.3 Å². The first-order valence-electron chi connectivity index (χ1n) is 9.04. The van der Waals surface area contributed by atoms with Gasteiger partial charge in [-0.2, -0.15) is 0 Å². The molecule has 8 nitrogen and oxygen atoms in total. The number of carbonyl (C=O) groups is 3. The molecular weight excluding hydrogens is 400 g/mol. The molecule has 10 heteroatoms. The normalized spacial score (nSPS) is 15.0. The lowest BCUT2D eigenvalue weighted by molar-refractivity contribution is -0.147. The molecule has 0 aromatic heterocycles. The van der Waals surface area contributed by atoms with Crippen LogP contribution in [0.2, 0.25) is 19.1 Å². The van der Waals surface area contributed by atoms with E-state index in [4.69, 9.17) is 22.1 Å². The molecule has 0 spiro atoms. The first-order chi connectivity index (χ1) is 13.0. The van der Waals surface area contributed by atoms with Gasteiger partial charge in [0.1, 0.15) is 5.75 Å². The molecule has 1 aliphatic heterocycles. The molecule has 0 fully saturated rings. The van der Waals surface area contributed by atoms with Crippen molar-refractivity contribution in [3.8, 4) is 5.75 Å². The summed E-state index contributed by atoms with van der Waals surface area (Å²) in [7, 11) is -5.88. The monoisotopic (exact) mass is 426 g/mol. The minimum absolute atomic E-state index is 0.149. The predicted octanol–water partition coefficient (Wildman–Crippen LogP) is 2.86. The van der Waals surface area contributed by atoms with E-state index >= 15 is 0 Å². The summed E-state index contributed by atoms with van der Waals surface area (Å²) in [5, 5.41) is 0. The van der Waals surface area contributed by atoms with Crippen LogP contribution < -0.4 is 4.43 Å². The van der Waals surface area contributed by atoms with E-state index in [0.29, 0.717) is 19.4 Å². The van der Waals surface area contributed by atoms with Crippen LogP contribution in [0.25, 0.3) is 0 Å². The van der Waals surface area contributed by atoms with Gasteiger partial charge in [0, 0.05) is 26.3 Å². The number of carbonyl (C=O) groups excluding carboxylic acids is 3. The molecule has 0 saturated carbocycles. The van der Waals surface area contributed by atoms with Crippen molar-refractivity contribution in [2.45, 2.75) is 59.4 Å². The van der Waals surface area contributed by atoms with E-state index in [-0.39, 0.29) is 6.04 Å². The van der Waals surface area contributed by atoms with Crippen molar-refractivity contribution in [1.29, 1.82) is 0 Å². The summed E-state index contributed by atoms with van der Waals surface area (Å²) in [6.07, 6.45) is 1.12. The topological polar surface area (TPSA) is 97.4 Å². The molecule has 28 heavy (non-hydrogen) atoms. The number of hydrogen-bond donors (Lipinski definition) is 0. The van der Waals surface area contributed by atoms with Gasteiger partial charge in [0.25, 0.3) is 17.9 Å². The molecule has 0 amide bonds. The quantitative estimate of drug-likeness (QED) is 0.614. The first kappa shape index (κ1) is 22.1. The first-order valence-corrected chi connectivity index (χ1v) is 13.8. The molecule has 1 heterocycles. The van der Waals surface area contributed by atoms with E-state index in [0.717, 1.165) is 16.9 Å². The number of benzene rings is 1. The van der Waals surface area contributed by atoms with Crippen molar-refractivity contribution < 1.29 is 36.5 Å². The Bertz CT molecular complexity index is 721. The van der Waals surface area contributed by atoms with Gasteiger partial charge in [0.2, 0.25) is 0 Å². The Labute approximate surface area is 166 Å². The maximum absolute atomic E-state index is 11.5. The third kappa shape index (κ3) is 6.46. The van der Waals surface area contributed by atoms with Crippen LogP contribution in [0.4, 0.5) is 0 Å². The number of hydrogen-bond acceptors (Lipinski definition) is 8. The van der Waals surface area contributed by atoms with Gasteiger partial charge in [-0.05, 0) is 43.6 Å². The molecule has 0 saturated heterocycles. The standard InChI is InChI=1S/C18H26O8Si2/c1-13(19)23-28(24-14(2)20,25-15(3)21)10-6-7-16-8-9-18-17(11-16)12-22-27(4,5)26-18/h8-9,11H,6-7,10,12H2,1-5H3. The van der Waals surface area contributed by atoms with Gasteiger partial charge in [-0.15, -0.1) is 0 Å². The number of fused-ring (bicyclic) bond motifs is 1. The highest BCUT2D eigenvalue weighted by Gasteiger charge is 2.51. The highest BCUT2D eigenvalue weighted by Crippen LogP contribution is 2.30. The minimum Gasteiger partial charge on any atom is -0.520 e. The van der Waals surface area contributed by atoms with Crippen LogP contribution >= 0.6 is 0 Å². The van der Waals surface area contributed by atoms with Gasteiger partial charge in [-0.25, -0.2) is 0 Å². The van der Waals surface area contributed by atoms with Gasteiger partial charge in [0.15, 0.2) is 0 Å². The molecule has 0 N–H and O–H groups in total. The van der Waals surface area contributed by atoms with E-state index in [1.807, 2.05) is 31.3 Å². The third-order valence-corrected chi connectivity index (χ3v) is 8.21. The van der Waals surface area contributed by atoms with Crippen molar-refractivity contribution in [1.82, 2.24) is 0 Å². The summed E-state index contributed by atoms with van der Waals surface area (Å²) < 4.78 is 27.3. The van der Waals surface area contributed by atoms with Crippen molar-refractivity contribution in [2.24, 2.45) is 0 Å². The molecule has 0 unspecified atom stereocenters. The van der Waals surface area contributed by atoms with Crippen molar-refractivity contribution in [2.75, 3.05) is 0 Å². The lowest BCUT2D eigenvalue weighted by Gasteiger charge is -2.30. The summed E-state index contributed by atoms with van der Waals surface area (Å²) in [5.74, 6) is -1.15. The Morgan fingerprint density at radius 2 is 1.61 bits per heavy atom. The second-order valence-corrected chi connectivity index (χ2v) is 12.8. The Hall–Kier alpha value is -2.18. The zero-order valence-electron chi connectivity index (χ0n) is 16.8. The molecule has 0 atom stereocenters. The van der Waals surface area contributed by atoms with Crippen molar-refractivity contribution >= 4 is 35.3 Å². The third-order valence-electron chi connectivity index (χ3n) is 3.90. The lowest BCUT2D eigenvalue weighted by Crippen LogP contribution is -2.49. The maximum atomic E-state index is 11.5. The molecule has 154 valence electrons. The van der Waals surface area contributed by atoms with Gasteiger partial charge >= 0.3 is 17.4 Å². The molecule has 1 aromatic rings. The van der Waals surface area contributed by atoms with Crippen LogP contribution in [0.5, 0.6) is 5.75 Å². The zero-order chi connectivity index (χ0) is 20.9. The van der Waals surface area contributed by atoms with Crippen LogP contribution in [0.1, 0.15) is 38.3 Å². The SMILES string of the molecule is CC(=O)O[Si](CCCc1ccc2c(c1)CO[Si](C)(C)O2)(OC(C)=O)OC(C)=O. The van der Waals surface area contributed by atoms with Gasteiger partial charge in [0.05, 0.1) is 12.7 Å². The molecular formula is C18H26O8Si2. The number of aryl methyl sites for hydroxylation is 1. The summed E-state index contributed by atoms with van der Waals surface area (Å²) in [6, 6.07) is 6.04. The lowest BCUT2D eigenvalue weighted by atomic mass is 10.1. The summed E-state index contributed by atoms with van der Waals surface area (Å²) in [5.41, 5.74) is 2.01. The average Bonchev–Trinajstić information content (AvgIpc) is 2.52. The molecule has 1 aromatic carbocycles. The fourth-order valence-corrected chi connectivity index (χ4v) is 6.57. The van der Waals surface area contributed by atoms with Gasteiger partial charge < -0.3 is 22.1 Å². The van der Waals surface area contributed by atoms with Gasteiger partial charge in [-0.3, -0.25) is 14.4 Å². The fraction of sp³-hybridized carbons (Fsp3) is 0.500. The summed E-state index contributed by atoms with van der Waals surface area (Å²) in [6.45, 7) is 8.05. The highest BCUT2D eigenvalue weighted by atomic mass is 28.4. The molecule has 0 aliphatic carbocycles. The highest BCUT2D eigenvalue weighted by molar-refractivity contribution is 6.66. The fourth-order valence-electron chi connectivity index (χ4n) is 2.93. The Morgan fingerprint density at radius 3 is 2.14 bits per heavy atom. The van der Waals surface area contributed by atoms with Crippen molar-refractivity contribution in [3.63, 3.8) is 0 Å². The Kier molecular flexibility index (Phi) is 7.02. The number of rotatable bonds is 7. The summed E-state index contributed by atoms with van der Waals surface area (Å²) >= 11 is 0. The van der Waals surface area contributed by atoms with Crippen LogP contribution in [-0.4, -0.2) is 35.3 Å². The van der Waals surface area contributed by atoms with Crippen LogP contribution in [0.3, 0.4) is 0 Å². The Morgan fingerprint density at radius 1 is 1.04 bits per heavy atom.